The Hall–Kier alpha value is -1.60. The van der Waals surface area contributed by atoms with Crippen molar-refractivity contribution in [1.29, 1.82) is 0 Å². The smallest absolute Gasteiger partial charge is 0.281 e. The molecule has 0 saturated carbocycles. The molecule has 29 heavy (non-hydrogen) atoms. The average molecular weight is 498 g/mol. The molecular weight excluding hydrogens is 475 g/mol. The maximum atomic E-state index is 12.8. The lowest BCUT2D eigenvalue weighted by atomic mass is 10.0. The minimum absolute atomic E-state index is 0.136. The minimum Gasteiger partial charge on any atom is -0.284 e. The topological polar surface area (TPSA) is 47.9 Å². The Balaban J connectivity index is 1.89. The number of amides is 1. The van der Waals surface area contributed by atoms with Crippen LogP contribution in [0.3, 0.4) is 0 Å². The molecule has 0 aliphatic carbocycles. The Bertz CT molecular complexity index is 904. The summed E-state index contributed by atoms with van der Waals surface area (Å²) < 4.78 is 0.992. The van der Waals surface area contributed by atoms with E-state index in [1.807, 2.05) is 42.4 Å². The predicted molar refractivity (Wildman–Crippen MR) is 124 cm³/mol. The number of nitrogens with one attached hydrogen (secondary N) is 1. The molecule has 0 bridgehead atoms. The molecule has 0 saturated heterocycles. The highest BCUT2D eigenvalue weighted by Crippen LogP contribution is 2.39. The molecule has 154 valence electrons. The molecule has 1 N–H and O–H groups in total. The zero-order chi connectivity index (χ0) is 21.0. The molecule has 8 heteroatoms. The van der Waals surface area contributed by atoms with Crippen molar-refractivity contribution >= 4 is 56.4 Å². The first-order valence-corrected chi connectivity index (χ1v) is 11.0. The monoisotopic (exact) mass is 496 g/mol. The van der Waals surface area contributed by atoms with Gasteiger partial charge in [-0.3, -0.25) is 15.2 Å². The molecular formula is C21H23BrCl2N4O. The fraction of sp³-hybridized carbons (Fsp3) is 0.333. The Morgan fingerprint density at radius 2 is 2.00 bits per heavy atom. The third-order valence-corrected chi connectivity index (χ3v) is 5.79. The minimum atomic E-state index is -0.196. The number of rotatable bonds is 7. The second-order valence-corrected chi connectivity index (χ2v) is 8.73. The molecule has 1 heterocycles. The van der Waals surface area contributed by atoms with Gasteiger partial charge in [-0.1, -0.05) is 64.6 Å². The molecule has 1 unspecified atom stereocenters. The van der Waals surface area contributed by atoms with Gasteiger partial charge in [0, 0.05) is 29.5 Å². The lowest BCUT2D eigenvalue weighted by Gasteiger charge is -2.25. The summed E-state index contributed by atoms with van der Waals surface area (Å²) in [5, 5.41) is 9.29. The number of hydrazone groups is 1. The molecule has 0 radical (unpaired) electrons. The van der Waals surface area contributed by atoms with E-state index >= 15 is 0 Å². The molecule has 2 aromatic rings. The normalized spacial score (nSPS) is 16.3. The fourth-order valence-electron chi connectivity index (χ4n) is 3.17. The lowest BCUT2D eigenvalue weighted by molar-refractivity contribution is -0.118. The second kappa shape index (κ2) is 9.94. The highest BCUT2D eigenvalue weighted by atomic mass is 79.9. The molecule has 1 atom stereocenters. The van der Waals surface area contributed by atoms with Crippen molar-refractivity contribution in [2.24, 2.45) is 5.10 Å². The quantitative estimate of drug-likeness (QED) is 0.490. The molecule has 0 fully saturated rings. The highest BCUT2D eigenvalue weighted by Gasteiger charge is 2.33. The van der Waals surface area contributed by atoms with E-state index in [2.05, 4.69) is 33.4 Å². The van der Waals surface area contributed by atoms with Crippen molar-refractivity contribution in [2.75, 3.05) is 18.6 Å². The van der Waals surface area contributed by atoms with Gasteiger partial charge in [0.2, 0.25) is 0 Å². The van der Waals surface area contributed by atoms with Crippen molar-refractivity contribution in [3.05, 3.63) is 62.5 Å². The lowest BCUT2D eigenvalue weighted by Crippen LogP contribution is -2.43. The van der Waals surface area contributed by atoms with Gasteiger partial charge in [-0.2, -0.15) is 5.10 Å². The number of nitrogens with zero attached hydrogens (tertiary/aromatic N) is 3. The van der Waals surface area contributed by atoms with Gasteiger partial charge < -0.3 is 0 Å². The van der Waals surface area contributed by atoms with E-state index < -0.39 is 0 Å². The third-order valence-electron chi connectivity index (χ3n) is 4.72. The number of unbranched alkanes of at least 4 members (excludes halogenated alkanes) is 1. The van der Waals surface area contributed by atoms with Crippen molar-refractivity contribution in [2.45, 2.75) is 32.2 Å². The van der Waals surface area contributed by atoms with Crippen LogP contribution in [-0.4, -0.2) is 30.2 Å². The van der Waals surface area contributed by atoms with Gasteiger partial charge in [-0.25, -0.2) is 5.01 Å². The Morgan fingerprint density at radius 3 is 2.66 bits per heavy atom. The van der Waals surface area contributed by atoms with Gasteiger partial charge in [0.15, 0.2) is 0 Å². The Labute approximate surface area is 189 Å². The van der Waals surface area contributed by atoms with Gasteiger partial charge >= 0.3 is 0 Å². The van der Waals surface area contributed by atoms with Crippen molar-refractivity contribution < 1.29 is 4.79 Å². The second-order valence-electron chi connectivity index (χ2n) is 6.97. The summed E-state index contributed by atoms with van der Waals surface area (Å²) >= 11 is 16.0. The van der Waals surface area contributed by atoms with Crippen LogP contribution < -0.4 is 10.4 Å². The molecule has 1 amide bonds. The third kappa shape index (κ3) is 5.51. The van der Waals surface area contributed by atoms with Gasteiger partial charge in [0.05, 0.1) is 16.8 Å². The van der Waals surface area contributed by atoms with E-state index in [1.54, 1.807) is 17.1 Å². The van der Waals surface area contributed by atoms with Crippen LogP contribution in [0.15, 0.2) is 52.0 Å². The maximum absolute atomic E-state index is 12.8. The van der Waals surface area contributed by atoms with E-state index in [0.29, 0.717) is 27.9 Å². The van der Waals surface area contributed by atoms with Crippen LogP contribution in [0.25, 0.3) is 0 Å². The molecule has 3 rings (SSSR count). The summed E-state index contributed by atoms with van der Waals surface area (Å²) in [4.78, 5) is 12.8. The first kappa shape index (κ1) is 22.1. The maximum Gasteiger partial charge on any atom is 0.281 e. The predicted octanol–water partition coefficient (Wildman–Crippen LogP) is 5.83. The summed E-state index contributed by atoms with van der Waals surface area (Å²) in [6.07, 6.45) is 2.56. The largest absolute Gasteiger partial charge is 0.284 e. The van der Waals surface area contributed by atoms with Crippen LogP contribution in [0.2, 0.25) is 10.0 Å². The summed E-state index contributed by atoms with van der Waals surface area (Å²) in [6.45, 7) is 2.91. The van der Waals surface area contributed by atoms with Crippen LogP contribution in [0.4, 0.5) is 5.69 Å². The zero-order valence-corrected chi connectivity index (χ0v) is 19.4. The molecule has 2 aromatic carbocycles. The fourth-order valence-corrected chi connectivity index (χ4v) is 3.93. The number of hydrogen-bond acceptors (Lipinski definition) is 4. The first-order valence-electron chi connectivity index (χ1n) is 9.48. The van der Waals surface area contributed by atoms with E-state index in [0.717, 1.165) is 29.4 Å². The number of carbonyl (C=O) groups excluding carboxylic acids is 1. The summed E-state index contributed by atoms with van der Waals surface area (Å²) in [5.41, 5.74) is 5.13. The molecule has 1 aliphatic heterocycles. The van der Waals surface area contributed by atoms with Gasteiger partial charge in [-0.05, 0) is 42.3 Å². The first-order chi connectivity index (χ1) is 13.9. The zero-order valence-electron chi connectivity index (χ0n) is 16.3. The van der Waals surface area contributed by atoms with E-state index in [9.17, 15) is 4.79 Å². The number of halogens is 3. The Morgan fingerprint density at radius 1 is 1.28 bits per heavy atom. The summed E-state index contributed by atoms with van der Waals surface area (Å²) in [7, 11) is 1.86. The van der Waals surface area contributed by atoms with E-state index in [-0.39, 0.29) is 11.9 Å². The number of hydrazine groups is 1. The average Bonchev–Trinajstić information content (AvgIpc) is 3.12. The number of hydrogen-bond donors (Lipinski definition) is 1. The van der Waals surface area contributed by atoms with Crippen LogP contribution in [0.5, 0.6) is 0 Å². The van der Waals surface area contributed by atoms with Crippen molar-refractivity contribution in [1.82, 2.24) is 10.4 Å². The van der Waals surface area contributed by atoms with Crippen molar-refractivity contribution in [3.8, 4) is 0 Å². The number of carbonyl (C=O) groups is 1. The summed E-state index contributed by atoms with van der Waals surface area (Å²) in [6, 6.07) is 13.2. The van der Waals surface area contributed by atoms with Crippen LogP contribution >= 0.6 is 39.1 Å². The van der Waals surface area contributed by atoms with Crippen LogP contribution in [-0.2, 0) is 4.79 Å². The SMILES string of the molecule is CCCCN(C)NC(=O)C1=NN(c2ccc(Cl)cc2Cl)C(c2ccc(Br)cc2)C1. The Kier molecular flexibility index (Phi) is 7.57. The van der Waals surface area contributed by atoms with E-state index in [4.69, 9.17) is 23.2 Å². The summed E-state index contributed by atoms with van der Waals surface area (Å²) in [5.74, 6) is -0.196. The number of anilines is 1. The van der Waals surface area contributed by atoms with Gasteiger partial charge in [0.25, 0.3) is 5.91 Å². The van der Waals surface area contributed by atoms with Gasteiger partial charge in [-0.15, -0.1) is 0 Å². The van der Waals surface area contributed by atoms with Gasteiger partial charge in [0.1, 0.15) is 5.71 Å². The van der Waals surface area contributed by atoms with Crippen molar-refractivity contribution in [3.63, 3.8) is 0 Å². The van der Waals surface area contributed by atoms with Crippen LogP contribution in [0.1, 0.15) is 37.8 Å². The standard InChI is InChI=1S/C21H23BrCl2N4O/c1-3-4-11-27(2)26-21(29)18-13-20(14-5-7-15(22)8-6-14)28(25-18)19-10-9-16(23)12-17(19)24/h5-10,12,20H,3-4,11,13H2,1-2H3,(H,26,29). The molecule has 0 spiro atoms. The number of benzene rings is 2. The molecule has 1 aliphatic rings. The molecule has 5 nitrogen and oxygen atoms in total. The van der Waals surface area contributed by atoms with E-state index in [1.165, 1.54) is 0 Å². The van der Waals surface area contributed by atoms with Crippen LogP contribution in [0, 0.1) is 0 Å². The molecule has 0 aromatic heterocycles. The highest BCUT2D eigenvalue weighted by molar-refractivity contribution is 9.10.